The van der Waals surface area contributed by atoms with E-state index < -0.39 is 35.5 Å². The molecule has 0 bridgehead atoms. The monoisotopic (exact) mass is 346 g/mol. The maximum Gasteiger partial charge on any atom is 0.416 e. The van der Waals surface area contributed by atoms with Crippen molar-refractivity contribution in [3.63, 3.8) is 0 Å². The molecule has 1 atom stereocenters. The summed E-state index contributed by atoms with van der Waals surface area (Å²) in [5.74, 6) is -4.61. The molecule has 0 heterocycles. The highest BCUT2D eigenvalue weighted by Gasteiger charge is 2.39. The van der Waals surface area contributed by atoms with Gasteiger partial charge < -0.3 is 14.3 Å². The van der Waals surface area contributed by atoms with E-state index in [1.54, 1.807) is 0 Å². The topological polar surface area (TPSA) is 69.7 Å². The maximum atomic E-state index is 12.7. The molecule has 132 valence electrons. The first-order valence-electron chi connectivity index (χ1n) is 6.94. The number of Topliss-reactive ketones (excluding diaryl/α,β-unsaturated/α-hetero) is 1. The van der Waals surface area contributed by atoms with Gasteiger partial charge in [-0.3, -0.25) is 9.59 Å². The van der Waals surface area contributed by atoms with Gasteiger partial charge in [-0.2, -0.15) is 13.2 Å². The van der Waals surface area contributed by atoms with E-state index in [9.17, 15) is 27.6 Å². The van der Waals surface area contributed by atoms with Crippen molar-refractivity contribution in [3.8, 4) is 0 Å². The number of halogens is 3. The summed E-state index contributed by atoms with van der Waals surface area (Å²) in [6, 6.07) is 3.92. The van der Waals surface area contributed by atoms with Gasteiger partial charge in [0.1, 0.15) is 5.78 Å². The lowest BCUT2D eigenvalue weighted by atomic mass is 9.82. The first kappa shape index (κ1) is 19.7. The highest BCUT2D eigenvalue weighted by atomic mass is 19.4. The van der Waals surface area contributed by atoms with E-state index in [2.05, 4.69) is 9.47 Å². The summed E-state index contributed by atoms with van der Waals surface area (Å²) in [6.45, 7) is 1.25. The van der Waals surface area contributed by atoms with Crippen LogP contribution in [0.2, 0.25) is 0 Å². The number of hydrogen-bond donors (Lipinski definition) is 0. The molecule has 0 saturated carbocycles. The Kier molecular flexibility index (Phi) is 6.51. The standard InChI is InChI=1S/C16H17F3O5/c1-9(20)8-12(13(14(21)23-2)15(22)24-3)10-4-6-11(7-5-10)16(17,18)19/h4-7,12-13H,8H2,1-3H3/t12-/m1/s1. The van der Waals surface area contributed by atoms with E-state index in [0.717, 1.165) is 38.5 Å². The number of benzene rings is 1. The van der Waals surface area contributed by atoms with Crippen LogP contribution in [0.4, 0.5) is 13.2 Å². The SMILES string of the molecule is COC(=O)C(C(=O)OC)[C@H](CC(C)=O)c1ccc(C(F)(F)F)cc1. The van der Waals surface area contributed by atoms with E-state index in [4.69, 9.17) is 0 Å². The van der Waals surface area contributed by atoms with Gasteiger partial charge in [0.2, 0.25) is 0 Å². The summed E-state index contributed by atoms with van der Waals surface area (Å²) in [5.41, 5.74) is -0.639. The Morgan fingerprint density at radius 3 is 1.79 bits per heavy atom. The van der Waals surface area contributed by atoms with Crippen molar-refractivity contribution in [2.45, 2.75) is 25.4 Å². The second kappa shape index (κ2) is 7.94. The zero-order valence-electron chi connectivity index (χ0n) is 13.3. The summed E-state index contributed by atoms with van der Waals surface area (Å²) < 4.78 is 47.1. The van der Waals surface area contributed by atoms with Crippen LogP contribution in [0.3, 0.4) is 0 Å². The molecule has 0 aliphatic rings. The van der Waals surface area contributed by atoms with Crippen molar-refractivity contribution in [2.75, 3.05) is 14.2 Å². The minimum Gasteiger partial charge on any atom is -0.468 e. The van der Waals surface area contributed by atoms with Gasteiger partial charge in [0.05, 0.1) is 19.8 Å². The number of rotatable bonds is 6. The number of methoxy groups -OCH3 is 2. The number of carbonyl (C=O) groups excluding carboxylic acids is 3. The predicted molar refractivity (Wildman–Crippen MR) is 77.0 cm³/mol. The molecule has 0 saturated heterocycles. The molecule has 5 nitrogen and oxygen atoms in total. The molecule has 0 spiro atoms. The van der Waals surface area contributed by atoms with Crippen LogP contribution in [0.1, 0.15) is 30.4 Å². The van der Waals surface area contributed by atoms with Crippen LogP contribution < -0.4 is 0 Å². The molecule has 0 fully saturated rings. The summed E-state index contributed by atoms with van der Waals surface area (Å²) in [5, 5.41) is 0. The van der Waals surface area contributed by atoms with Crippen molar-refractivity contribution in [1.82, 2.24) is 0 Å². The molecule has 1 aromatic carbocycles. The first-order valence-corrected chi connectivity index (χ1v) is 6.94. The molecule has 0 unspecified atom stereocenters. The average molecular weight is 346 g/mol. The Morgan fingerprint density at radius 2 is 1.46 bits per heavy atom. The van der Waals surface area contributed by atoms with Gasteiger partial charge in [-0.05, 0) is 24.6 Å². The van der Waals surface area contributed by atoms with Gasteiger partial charge in [0.15, 0.2) is 5.92 Å². The van der Waals surface area contributed by atoms with Crippen molar-refractivity contribution in [2.24, 2.45) is 5.92 Å². The smallest absolute Gasteiger partial charge is 0.416 e. The Balaban J connectivity index is 3.31. The van der Waals surface area contributed by atoms with Crippen molar-refractivity contribution in [1.29, 1.82) is 0 Å². The van der Waals surface area contributed by atoms with Gasteiger partial charge in [0, 0.05) is 12.3 Å². The molecule has 0 aliphatic carbocycles. The zero-order chi connectivity index (χ0) is 18.5. The summed E-state index contributed by atoms with van der Waals surface area (Å²) in [7, 11) is 2.13. The quantitative estimate of drug-likeness (QED) is 0.585. The molecule has 0 aromatic heterocycles. The third kappa shape index (κ3) is 4.81. The Bertz CT molecular complexity index is 591. The van der Waals surface area contributed by atoms with Gasteiger partial charge in [-0.15, -0.1) is 0 Å². The number of hydrogen-bond acceptors (Lipinski definition) is 5. The van der Waals surface area contributed by atoms with E-state index >= 15 is 0 Å². The summed E-state index contributed by atoms with van der Waals surface area (Å²) >= 11 is 0. The van der Waals surface area contributed by atoms with E-state index in [1.165, 1.54) is 6.92 Å². The molecule has 1 rings (SSSR count). The highest BCUT2D eigenvalue weighted by molar-refractivity contribution is 5.96. The number of esters is 2. The Labute approximate surface area is 136 Å². The number of ketones is 1. The largest absolute Gasteiger partial charge is 0.468 e. The van der Waals surface area contributed by atoms with E-state index in [-0.39, 0.29) is 17.8 Å². The second-order valence-electron chi connectivity index (χ2n) is 5.16. The van der Waals surface area contributed by atoms with Crippen LogP contribution in [0.5, 0.6) is 0 Å². The molecule has 24 heavy (non-hydrogen) atoms. The lowest BCUT2D eigenvalue weighted by molar-refractivity contribution is -0.160. The number of alkyl halides is 3. The van der Waals surface area contributed by atoms with Gasteiger partial charge in [0.25, 0.3) is 0 Å². The number of ether oxygens (including phenoxy) is 2. The van der Waals surface area contributed by atoms with Gasteiger partial charge in [-0.1, -0.05) is 12.1 Å². The lowest BCUT2D eigenvalue weighted by Gasteiger charge is -2.23. The van der Waals surface area contributed by atoms with Crippen molar-refractivity contribution in [3.05, 3.63) is 35.4 Å². The molecule has 0 amide bonds. The molecule has 1 aromatic rings. The molecule has 8 heteroatoms. The fraction of sp³-hybridized carbons (Fsp3) is 0.438. The van der Waals surface area contributed by atoms with Crippen LogP contribution >= 0.6 is 0 Å². The predicted octanol–water partition coefficient (Wildman–Crippen LogP) is 2.73. The molecular formula is C16H17F3O5. The third-order valence-corrected chi connectivity index (χ3v) is 3.49. The highest BCUT2D eigenvalue weighted by Crippen LogP contribution is 2.34. The summed E-state index contributed by atoms with van der Waals surface area (Å²) in [4.78, 5) is 35.3. The van der Waals surface area contributed by atoms with Crippen LogP contribution in [-0.4, -0.2) is 31.9 Å². The molecule has 0 aliphatic heterocycles. The van der Waals surface area contributed by atoms with Crippen LogP contribution in [0.15, 0.2) is 24.3 Å². The minimum atomic E-state index is -4.52. The van der Waals surface area contributed by atoms with Crippen molar-refractivity contribution >= 4 is 17.7 Å². The fourth-order valence-corrected chi connectivity index (χ4v) is 2.34. The second-order valence-corrected chi connectivity index (χ2v) is 5.16. The molecule has 0 N–H and O–H groups in total. The molecule has 0 radical (unpaired) electrons. The van der Waals surface area contributed by atoms with Gasteiger partial charge in [-0.25, -0.2) is 0 Å². The zero-order valence-corrected chi connectivity index (χ0v) is 13.3. The number of carbonyl (C=O) groups is 3. The van der Waals surface area contributed by atoms with Gasteiger partial charge >= 0.3 is 18.1 Å². The minimum absolute atomic E-state index is 0.222. The Hall–Kier alpha value is -2.38. The molecular weight excluding hydrogens is 329 g/mol. The lowest BCUT2D eigenvalue weighted by Crippen LogP contribution is -2.33. The summed E-state index contributed by atoms with van der Waals surface area (Å²) in [6.07, 6.45) is -4.74. The van der Waals surface area contributed by atoms with Crippen LogP contribution in [0.25, 0.3) is 0 Å². The third-order valence-electron chi connectivity index (χ3n) is 3.49. The van der Waals surface area contributed by atoms with E-state index in [0.29, 0.717) is 0 Å². The van der Waals surface area contributed by atoms with Crippen molar-refractivity contribution < 1.29 is 37.0 Å². The Morgan fingerprint density at radius 1 is 1.00 bits per heavy atom. The first-order chi connectivity index (χ1) is 11.1. The fourth-order valence-electron chi connectivity index (χ4n) is 2.34. The van der Waals surface area contributed by atoms with E-state index in [1.807, 2.05) is 0 Å². The normalized spacial score (nSPS) is 12.6. The van der Waals surface area contributed by atoms with Crippen LogP contribution in [-0.2, 0) is 30.0 Å². The average Bonchev–Trinajstić information content (AvgIpc) is 2.52. The maximum absolute atomic E-state index is 12.7. The van der Waals surface area contributed by atoms with Crippen LogP contribution in [0, 0.1) is 5.92 Å².